The van der Waals surface area contributed by atoms with E-state index in [9.17, 15) is 14.4 Å². The Kier molecular flexibility index (Phi) is 5.86. The average Bonchev–Trinajstić information content (AvgIpc) is 3.27. The van der Waals surface area contributed by atoms with Crippen LogP contribution < -0.4 is 10.1 Å². The van der Waals surface area contributed by atoms with Gasteiger partial charge in [-0.3, -0.25) is 9.59 Å². The van der Waals surface area contributed by atoms with E-state index in [1.54, 1.807) is 48.5 Å². The van der Waals surface area contributed by atoms with Crippen molar-refractivity contribution in [1.29, 1.82) is 0 Å². The van der Waals surface area contributed by atoms with Gasteiger partial charge in [-0.05, 0) is 60.7 Å². The Bertz CT molecular complexity index is 959. The SMILES string of the molecule is COc1ccc(C(=O)COC(=O)c2ccc(NC(=O)c3ccco3)cc2)cc1. The van der Waals surface area contributed by atoms with Crippen LogP contribution >= 0.6 is 0 Å². The zero-order valence-corrected chi connectivity index (χ0v) is 15.0. The average molecular weight is 379 g/mol. The summed E-state index contributed by atoms with van der Waals surface area (Å²) in [5, 5.41) is 2.64. The van der Waals surface area contributed by atoms with Gasteiger partial charge in [0.2, 0.25) is 0 Å². The lowest BCUT2D eigenvalue weighted by atomic mass is 10.1. The van der Waals surface area contributed by atoms with Gasteiger partial charge in [0.15, 0.2) is 18.2 Å². The van der Waals surface area contributed by atoms with Gasteiger partial charge in [-0.15, -0.1) is 0 Å². The number of anilines is 1. The highest BCUT2D eigenvalue weighted by atomic mass is 16.5. The second kappa shape index (κ2) is 8.68. The fraction of sp³-hybridized carbons (Fsp3) is 0.0952. The van der Waals surface area contributed by atoms with Gasteiger partial charge >= 0.3 is 5.97 Å². The van der Waals surface area contributed by atoms with Gasteiger partial charge in [-0.25, -0.2) is 4.79 Å². The number of methoxy groups -OCH3 is 1. The highest BCUT2D eigenvalue weighted by Crippen LogP contribution is 2.14. The molecule has 0 spiro atoms. The van der Waals surface area contributed by atoms with Gasteiger partial charge in [0.05, 0.1) is 18.9 Å². The zero-order valence-electron chi connectivity index (χ0n) is 15.0. The van der Waals surface area contributed by atoms with Gasteiger partial charge in [0.1, 0.15) is 5.75 Å². The summed E-state index contributed by atoms with van der Waals surface area (Å²) in [5.41, 5.74) is 1.18. The Morgan fingerprint density at radius 3 is 2.21 bits per heavy atom. The Labute approximate surface area is 160 Å². The number of carbonyl (C=O) groups excluding carboxylic acids is 3. The molecule has 1 heterocycles. The number of amides is 1. The molecular formula is C21H17NO6. The molecule has 28 heavy (non-hydrogen) atoms. The van der Waals surface area contributed by atoms with Crippen molar-refractivity contribution in [1.82, 2.24) is 0 Å². The molecule has 0 fully saturated rings. The number of ether oxygens (including phenoxy) is 2. The standard InChI is InChI=1S/C21H17NO6/c1-26-17-10-6-14(7-11-17)18(23)13-28-21(25)15-4-8-16(9-5-15)22-20(24)19-3-2-12-27-19/h2-12H,13H2,1H3,(H,22,24). The summed E-state index contributed by atoms with van der Waals surface area (Å²) in [4.78, 5) is 36.1. The van der Waals surface area contributed by atoms with Gasteiger partial charge in [-0.1, -0.05) is 0 Å². The zero-order chi connectivity index (χ0) is 19.9. The number of carbonyl (C=O) groups is 3. The minimum absolute atomic E-state index is 0.181. The Hall–Kier alpha value is -3.87. The maximum Gasteiger partial charge on any atom is 0.338 e. The largest absolute Gasteiger partial charge is 0.497 e. The van der Waals surface area contributed by atoms with Crippen LogP contribution in [-0.4, -0.2) is 31.4 Å². The molecular weight excluding hydrogens is 362 g/mol. The third-order valence-corrected chi connectivity index (χ3v) is 3.87. The van der Waals surface area contributed by atoms with E-state index in [2.05, 4.69) is 5.32 Å². The molecule has 7 nitrogen and oxygen atoms in total. The molecule has 0 saturated carbocycles. The van der Waals surface area contributed by atoms with E-state index in [4.69, 9.17) is 13.9 Å². The first-order chi connectivity index (χ1) is 13.6. The number of Topliss-reactive ketones (excluding diaryl/α,β-unsaturated/α-hetero) is 1. The van der Waals surface area contributed by atoms with Gasteiger partial charge in [0.25, 0.3) is 5.91 Å². The third kappa shape index (κ3) is 4.64. The fourth-order valence-electron chi connectivity index (χ4n) is 2.36. The summed E-state index contributed by atoms with van der Waals surface area (Å²) < 4.78 is 15.1. The molecule has 0 radical (unpaired) electrons. The third-order valence-electron chi connectivity index (χ3n) is 3.87. The first-order valence-corrected chi connectivity index (χ1v) is 8.36. The minimum Gasteiger partial charge on any atom is -0.497 e. The van der Waals surface area contributed by atoms with Crippen molar-refractivity contribution in [2.75, 3.05) is 19.0 Å². The summed E-state index contributed by atoms with van der Waals surface area (Å²) in [6.45, 7) is -0.373. The molecule has 0 atom stereocenters. The molecule has 2 aromatic carbocycles. The molecule has 0 saturated heterocycles. The van der Waals surface area contributed by atoms with Crippen LogP contribution in [0.5, 0.6) is 5.75 Å². The van der Waals surface area contributed by atoms with E-state index < -0.39 is 11.9 Å². The van der Waals surface area contributed by atoms with Gasteiger partial charge < -0.3 is 19.2 Å². The number of ketones is 1. The van der Waals surface area contributed by atoms with E-state index >= 15 is 0 Å². The lowest BCUT2D eigenvalue weighted by molar-refractivity contribution is 0.0474. The lowest BCUT2D eigenvalue weighted by Gasteiger charge is -2.07. The quantitative estimate of drug-likeness (QED) is 0.498. The number of hydrogen-bond acceptors (Lipinski definition) is 6. The summed E-state index contributed by atoms with van der Waals surface area (Å²) >= 11 is 0. The summed E-state index contributed by atoms with van der Waals surface area (Å²) in [6, 6.07) is 15.8. The molecule has 0 bridgehead atoms. The highest BCUT2D eigenvalue weighted by molar-refractivity contribution is 6.02. The van der Waals surface area contributed by atoms with Crippen molar-refractivity contribution in [3.8, 4) is 5.75 Å². The monoisotopic (exact) mass is 379 g/mol. The van der Waals surface area contributed by atoms with Crippen molar-refractivity contribution in [2.45, 2.75) is 0 Å². The van der Waals surface area contributed by atoms with Crippen LogP contribution in [0.2, 0.25) is 0 Å². The summed E-state index contributed by atoms with van der Waals surface area (Å²) in [6.07, 6.45) is 1.40. The number of rotatable bonds is 7. The molecule has 3 rings (SSSR count). The molecule has 0 aliphatic heterocycles. The maximum absolute atomic E-state index is 12.1. The van der Waals surface area contributed by atoms with Crippen LogP contribution in [0.25, 0.3) is 0 Å². The number of hydrogen-bond donors (Lipinski definition) is 1. The van der Waals surface area contributed by atoms with Crippen LogP contribution in [0.1, 0.15) is 31.3 Å². The topological polar surface area (TPSA) is 94.8 Å². The summed E-state index contributed by atoms with van der Waals surface area (Å²) in [5.74, 6) is -0.539. The minimum atomic E-state index is -0.634. The fourth-order valence-corrected chi connectivity index (χ4v) is 2.36. The maximum atomic E-state index is 12.1. The second-order valence-electron chi connectivity index (χ2n) is 5.74. The van der Waals surface area contributed by atoms with Crippen molar-refractivity contribution in [2.24, 2.45) is 0 Å². The Morgan fingerprint density at radius 1 is 0.929 bits per heavy atom. The van der Waals surface area contributed by atoms with Crippen LogP contribution in [0.15, 0.2) is 71.3 Å². The van der Waals surface area contributed by atoms with Crippen LogP contribution in [-0.2, 0) is 4.74 Å². The molecule has 1 N–H and O–H groups in total. The van der Waals surface area contributed by atoms with E-state index in [1.807, 2.05) is 0 Å². The predicted molar refractivity (Wildman–Crippen MR) is 101 cm³/mol. The molecule has 1 aromatic heterocycles. The Morgan fingerprint density at radius 2 is 1.61 bits per heavy atom. The van der Waals surface area contributed by atoms with Crippen molar-refractivity contribution < 1.29 is 28.3 Å². The first-order valence-electron chi connectivity index (χ1n) is 8.36. The van der Waals surface area contributed by atoms with Crippen molar-refractivity contribution in [3.63, 3.8) is 0 Å². The van der Waals surface area contributed by atoms with Crippen LogP contribution in [0.4, 0.5) is 5.69 Å². The van der Waals surface area contributed by atoms with Crippen molar-refractivity contribution >= 4 is 23.3 Å². The molecule has 0 aliphatic carbocycles. The highest BCUT2D eigenvalue weighted by Gasteiger charge is 2.13. The number of furan rings is 1. The smallest absolute Gasteiger partial charge is 0.338 e. The van der Waals surface area contributed by atoms with Crippen LogP contribution in [0, 0.1) is 0 Å². The molecule has 7 heteroatoms. The first kappa shape index (κ1) is 18.9. The molecule has 1 amide bonds. The number of nitrogens with one attached hydrogen (secondary N) is 1. The van der Waals surface area contributed by atoms with Crippen LogP contribution in [0.3, 0.4) is 0 Å². The predicted octanol–water partition coefficient (Wildman–Crippen LogP) is 3.58. The second-order valence-corrected chi connectivity index (χ2v) is 5.74. The van der Waals surface area contributed by atoms with E-state index in [-0.39, 0.29) is 23.7 Å². The summed E-state index contributed by atoms with van der Waals surface area (Å²) in [7, 11) is 1.53. The van der Waals surface area contributed by atoms with Crippen molar-refractivity contribution in [3.05, 3.63) is 83.8 Å². The number of benzene rings is 2. The van der Waals surface area contributed by atoms with Gasteiger partial charge in [0, 0.05) is 11.3 Å². The normalized spacial score (nSPS) is 10.2. The lowest BCUT2D eigenvalue weighted by Crippen LogP contribution is -2.14. The molecule has 0 aliphatic rings. The van der Waals surface area contributed by atoms with E-state index in [1.165, 1.54) is 25.5 Å². The van der Waals surface area contributed by atoms with E-state index in [0.29, 0.717) is 17.0 Å². The van der Waals surface area contributed by atoms with Gasteiger partial charge in [-0.2, -0.15) is 0 Å². The van der Waals surface area contributed by atoms with E-state index in [0.717, 1.165) is 0 Å². The number of esters is 1. The molecule has 0 unspecified atom stereocenters. The molecule has 3 aromatic rings. The Balaban J connectivity index is 1.54. The molecule has 142 valence electrons.